The average molecular weight is 397 g/mol. The van der Waals surface area contributed by atoms with E-state index < -0.39 is 0 Å². The highest BCUT2D eigenvalue weighted by Gasteiger charge is 2.26. The Bertz CT molecular complexity index is 932. The van der Waals surface area contributed by atoms with Crippen molar-refractivity contribution in [2.24, 2.45) is 0 Å². The lowest BCUT2D eigenvalue weighted by Crippen LogP contribution is -2.46. The summed E-state index contributed by atoms with van der Waals surface area (Å²) < 4.78 is 11.5. The van der Waals surface area contributed by atoms with Crippen LogP contribution in [0, 0.1) is 0 Å². The van der Waals surface area contributed by atoms with E-state index in [0.29, 0.717) is 11.8 Å². The van der Waals surface area contributed by atoms with E-state index in [2.05, 4.69) is 45.1 Å². The Morgan fingerprint density at radius 1 is 1.14 bits per heavy atom. The molecule has 4 heterocycles. The molecular weight excluding hydrogens is 372 g/mol. The van der Waals surface area contributed by atoms with Crippen LogP contribution in [-0.2, 0) is 13.0 Å². The number of piperazine rings is 1. The zero-order valence-corrected chi connectivity index (χ0v) is 16.8. The predicted molar refractivity (Wildman–Crippen MR) is 109 cm³/mol. The predicted octanol–water partition coefficient (Wildman–Crippen LogP) is 3.61. The van der Waals surface area contributed by atoms with Crippen molar-refractivity contribution in [2.45, 2.75) is 25.9 Å². The van der Waals surface area contributed by atoms with Gasteiger partial charge in [-0.25, -0.2) is 0 Å². The molecule has 0 unspecified atom stereocenters. The van der Waals surface area contributed by atoms with Crippen LogP contribution >= 0.6 is 11.3 Å². The van der Waals surface area contributed by atoms with Gasteiger partial charge in [-0.3, -0.25) is 9.80 Å². The monoisotopic (exact) mass is 396 g/mol. The quantitative estimate of drug-likeness (QED) is 0.657. The van der Waals surface area contributed by atoms with Crippen molar-refractivity contribution < 1.29 is 9.15 Å². The van der Waals surface area contributed by atoms with Crippen LogP contribution in [0.2, 0.25) is 0 Å². The van der Waals surface area contributed by atoms with Crippen LogP contribution in [0.4, 0.5) is 0 Å². The van der Waals surface area contributed by atoms with Gasteiger partial charge in [-0.05, 0) is 35.6 Å². The van der Waals surface area contributed by atoms with Crippen molar-refractivity contribution in [2.75, 3.05) is 32.8 Å². The summed E-state index contributed by atoms with van der Waals surface area (Å²) in [6, 6.07) is 10.8. The zero-order chi connectivity index (χ0) is 18.9. The SMILES string of the molecule is C[C@@H](c1nnc(-c2cccs2)o1)N1CCN(Cc2ccc3c(c2)CCO3)CC1. The van der Waals surface area contributed by atoms with E-state index >= 15 is 0 Å². The molecule has 3 aromatic rings. The van der Waals surface area contributed by atoms with Crippen molar-refractivity contribution >= 4 is 11.3 Å². The molecular formula is C21H24N4O2S. The smallest absolute Gasteiger partial charge is 0.257 e. The van der Waals surface area contributed by atoms with E-state index in [9.17, 15) is 0 Å². The van der Waals surface area contributed by atoms with Gasteiger partial charge < -0.3 is 9.15 Å². The second-order valence-electron chi connectivity index (χ2n) is 7.45. The third-order valence-electron chi connectivity index (χ3n) is 5.64. The second kappa shape index (κ2) is 7.66. The van der Waals surface area contributed by atoms with E-state index in [1.807, 2.05) is 17.5 Å². The Kier molecular flexibility index (Phi) is 4.88. The molecule has 0 saturated carbocycles. The lowest BCUT2D eigenvalue weighted by molar-refractivity contribution is 0.0876. The van der Waals surface area contributed by atoms with Gasteiger partial charge in [0.25, 0.3) is 5.89 Å². The highest BCUT2D eigenvalue weighted by Crippen LogP contribution is 2.28. The van der Waals surface area contributed by atoms with Crippen molar-refractivity contribution in [1.82, 2.24) is 20.0 Å². The summed E-state index contributed by atoms with van der Waals surface area (Å²) in [7, 11) is 0. The van der Waals surface area contributed by atoms with Gasteiger partial charge in [0.15, 0.2) is 0 Å². The maximum Gasteiger partial charge on any atom is 0.257 e. The number of aromatic nitrogens is 2. The fourth-order valence-corrected chi connectivity index (χ4v) is 4.61. The van der Waals surface area contributed by atoms with Crippen LogP contribution < -0.4 is 4.74 Å². The van der Waals surface area contributed by atoms with Gasteiger partial charge >= 0.3 is 0 Å². The molecule has 28 heavy (non-hydrogen) atoms. The molecule has 1 saturated heterocycles. The molecule has 1 fully saturated rings. The van der Waals surface area contributed by atoms with Gasteiger partial charge in [0.1, 0.15) is 5.75 Å². The minimum Gasteiger partial charge on any atom is -0.493 e. The van der Waals surface area contributed by atoms with Crippen molar-refractivity contribution in [3.05, 3.63) is 52.7 Å². The van der Waals surface area contributed by atoms with E-state index in [1.165, 1.54) is 11.1 Å². The standard InChI is InChI=1S/C21H24N4O2S/c1-15(20-22-23-21(27-20)19-3-2-12-28-19)25-9-7-24(8-10-25)14-16-4-5-18-17(13-16)6-11-26-18/h2-5,12-13,15H,6-11,14H2,1H3/t15-/m0/s1. The molecule has 0 aliphatic carbocycles. The van der Waals surface area contributed by atoms with Gasteiger partial charge in [0.2, 0.25) is 5.89 Å². The number of ether oxygens (including phenoxy) is 1. The number of nitrogens with zero attached hydrogens (tertiary/aromatic N) is 4. The third kappa shape index (κ3) is 3.57. The molecule has 5 rings (SSSR count). The number of benzene rings is 1. The van der Waals surface area contributed by atoms with E-state index in [1.54, 1.807) is 11.3 Å². The van der Waals surface area contributed by atoms with Crippen LogP contribution in [0.25, 0.3) is 10.8 Å². The Morgan fingerprint density at radius 2 is 2.04 bits per heavy atom. The molecule has 2 aromatic heterocycles. The van der Waals surface area contributed by atoms with Gasteiger partial charge in [0.05, 0.1) is 17.5 Å². The van der Waals surface area contributed by atoms with Crippen molar-refractivity contribution in [3.63, 3.8) is 0 Å². The largest absolute Gasteiger partial charge is 0.493 e. The molecule has 0 spiro atoms. The average Bonchev–Trinajstić information content (AvgIpc) is 3.48. The number of hydrogen-bond donors (Lipinski definition) is 0. The lowest BCUT2D eigenvalue weighted by atomic mass is 10.1. The summed E-state index contributed by atoms with van der Waals surface area (Å²) >= 11 is 1.62. The van der Waals surface area contributed by atoms with Crippen LogP contribution in [-0.4, -0.2) is 52.8 Å². The molecule has 2 aliphatic heterocycles. The minimum atomic E-state index is 0.139. The van der Waals surface area contributed by atoms with Crippen molar-refractivity contribution in [3.8, 4) is 16.5 Å². The van der Waals surface area contributed by atoms with Crippen molar-refractivity contribution in [1.29, 1.82) is 0 Å². The molecule has 0 bridgehead atoms. The van der Waals surface area contributed by atoms with E-state index in [4.69, 9.17) is 9.15 Å². The summed E-state index contributed by atoms with van der Waals surface area (Å²) in [5.41, 5.74) is 2.73. The lowest BCUT2D eigenvalue weighted by Gasteiger charge is -2.36. The molecule has 0 N–H and O–H groups in total. The first kappa shape index (κ1) is 17.8. The Labute approximate surface area is 168 Å². The maximum absolute atomic E-state index is 5.93. The third-order valence-corrected chi connectivity index (χ3v) is 6.50. The number of fused-ring (bicyclic) bond motifs is 1. The van der Waals surface area contributed by atoms with E-state index in [0.717, 1.165) is 56.4 Å². The summed E-state index contributed by atoms with van der Waals surface area (Å²) in [5.74, 6) is 2.38. The van der Waals surface area contributed by atoms with E-state index in [-0.39, 0.29) is 6.04 Å². The first-order valence-electron chi connectivity index (χ1n) is 9.84. The highest BCUT2D eigenvalue weighted by molar-refractivity contribution is 7.13. The van der Waals surface area contributed by atoms with Gasteiger partial charge in [-0.15, -0.1) is 21.5 Å². The minimum absolute atomic E-state index is 0.139. The van der Waals surface area contributed by atoms with Gasteiger partial charge in [0, 0.05) is 39.1 Å². The van der Waals surface area contributed by atoms with Gasteiger partial charge in [-0.2, -0.15) is 0 Å². The first-order valence-corrected chi connectivity index (χ1v) is 10.7. The Morgan fingerprint density at radius 3 is 2.86 bits per heavy atom. The van der Waals surface area contributed by atoms with Gasteiger partial charge in [-0.1, -0.05) is 18.2 Å². The summed E-state index contributed by atoms with van der Waals surface area (Å²) in [6.07, 6.45) is 1.03. The topological polar surface area (TPSA) is 54.6 Å². The Hall–Kier alpha value is -2.22. The number of thiophene rings is 1. The molecule has 0 amide bonds. The van der Waals surface area contributed by atoms with Crippen LogP contribution in [0.5, 0.6) is 5.75 Å². The summed E-state index contributed by atoms with van der Waals surface area (Å²) in [5, 5.41) is 10.5. The molecule has 6 nitrogen and oxygen atoms in total. The Balaban J connectivity index is 1.18. The van der Waals surface area contributed by atoms with Crippen LogP contribution in [0.1, 0.15) is 30.0 Å². The molecule has 2 aliphatic rings. The molecule has 7 heteroatoms. The highest BCUT2D eigenvalue weighted by atomic mass is 32.1. The fraction of sp³-hybridized carbons (Fsp3) is 0.429. The molecule has 0 radical (unpaired) electrons. The maximum atomic E-state index is 5.93. The zero-order valence-electron chi connectivity index (χ0n) is 16.0. The van der Waals surface area contributed by atoms with Crippen LogP contribution in [0.15, 0.2) is 40.1 Å². The molecule has 146 valence electrons. The summed E-state index contributed by atoms with van der Waals surface area (Å²) in [6.45, 7) is 8.07. The first-order chi connectivity index (χ1) is 13.8. The molecule has 1 aromatic carbocycles. The van der Waals surface area contributed by atoms with Crippen LogP contribution in [0.3, 0.4) is 0 Å². The fourth-order valence-electron chi connectivity index (χ4n) is 3.96. The summed E-state index contributed by atoms with van der Waals surface area (Å²) in [4.78, 5) is 5.97. The normalized spacial score (nSPS) is 18.8. The molecule has 1 atom stereocenters. The second-order valence-corrected chi connectivity index (χ2v) is 8.40. The number of hydrogen-bond acceptors (Lipinski definition) is 7. The number of rotatable bonds is 5.